The summed E-state index contributed by atoms with van der Waals surface area (Å²) in [7, 11) is 2.22. The Kier molecular flexibility index (Phi) is 3.64. The Bertz CT molecular complexity index is 534. The minimum absolute atomic E-state index is 0.282. The molecule has 21 heavy (non-hydrogen) atoms. The van der Waals surface area contributed by atoms with Crippen molar-refractivity contribution in [2.24, 2.45) is 5.41 Å². The fourth-order valence-corrected chi connectivity index (χ4v) is 3.77. The fraction of sp³-hybridized carbons (Fsp3) is 0.667. The molecule has 1 unspecified atom stereocenters. The molecule has 2 N–H and O–H groups in total. The van der Waals surface area contributed by atoms with Crippen LogP contribution in [0.1, 0.15) is 50.2 Å². The highest BCUT2D eigenvalue weighted by atomic mass is 16.5. The summed E-state index contributed by atoms with van der Waals surface area (Å²) in [6.07, 6.45) is 3.94. The van der Waals surface area contributed by atoms with Crippen molar-refractivity contribution in [1.82, 2.24) is 4.90 Å². The van der Waals surface area contributed by atoms with Gasteiger partial charge >= 0.3 is 0 Å². The van der Waals surface area contributed by atoms with Crippen LogP contribution in [0, 0.1) is 12.3 Å². The van der Waals surface area contributed by atoms with E-state index in [0.29, 0.717) is 12.0 Å². The number of hydrogen-bond donors (Lipinski definition) is 1. The Balaban J connectivity index is 1.92. The van der Waals surface area contributed by atoms with Gasteiger partial charge in [0, 0.05) is 6.54 Å². The summed E-state index contributed by atoms with van der Waals surface area (Å²) in [5.74, 6) is 1.48. The van der Waals surface area contributed by atoms with Gasteiger partial charge in [0.1, 0.15) is 5.75 Å². The third kappa shape index (κ3) is 3.03. The van der Waals surface area contributed by atoms with E-state index in [1.807, 2.05) is 0 Å². The van der Waals surface area contributed by atoms with E-state index in [1.165, 1.54) is 30.4 Å². The van der Waals surface area contributed by atoms with E-state index in [-0.39, 0.29) is 5.41 Å². The van der Waals surface area contributed by atoms with Gasteiger partial charge in [0.05, 0.1) is 11.8 Å². The van der Waals surface area contributed by atoms with Gasteiger partial charge in [-0.05, 0) is 74.4 Å². The highest BCUT2D eigenvalue weighted by molar-refractivity contribution is 5.58. The third-order valence-electron chi connectivity index (χ3n) is 5.01. The fourth-order valence-electron chi connectivity index (χ4n) is 3.77. The second kappa shape index (κ2) is 5.20. The topological polar surface area (TPSA) is 38.5 Å². The van der Waals surface area contributed by atoms with Crippen LogP contribution in [-0.4, -0.2) is 31.1 Å². The third-order valence-corrected chi connectivity index (χ3v) is 5.01. The Hall–Kier alpha value is -1.22. The normalized spacial score (nSPS) is 25.8. The first-order valence-corrected chi connectivity index (χ1v) is 8.12. The van der Waals surface area contributed by atoms with Crippen molar-refractivity contribution in [3.05, 3.63) is 23.3 Å². The lowest BCUT2D eigenvalue weighted by atomic mass is 9.69. The smallest absolute Gasteiger partial charge is 0.142 e. The molecule has 3 nitrogen and oxygen atoms in total. The van der Waals surface area contributed by atoms with E-state index in [2.05, 4.69) is 44.9 Å². The summed E-state index contributed by atoms with van der Waals surface area (Å²) in [4.78, 5) is 2.44. The molecule has 2 fully saturated rings. The molecule has 1 aliphatic carbocycles. The predicted octanol–water partition coefficient (Wildman–Crippen LogP) is 3.56. The summed E-state index contributed by atoms with van der Waals surface area (Å²) in [5.41, 5.74) is 9.95. The van der Waals surface area contributed by atoms with E-state index in [1.54, 1.807) is 0 Å². The van der Waals surface area contributed by atoms with Gasteiger partial charge in [0.15, 0.2) is 0 Å². The molecule has 0 radical (unpaired) electrons. The Morgan fingerprint density at radius 2 is 1.95 bits per heavy atom. The van der Waals surface area contributed by atoms with E-state index < -0.39 is 0 Å². The van der Waals surface area contributed by atoms with Crippen molar-refractivity contribution in [1.29, 1.82) is 0 Å². The summed E-state index contributed by atoms with van der Waals surface area (Å²) in [6, 6.07) is 4.32. The average molecular weight is 288 g/mol. The maximum absolute atomic E-state index is 6.15. The molecule has 1 heterocycles. The molecule has 0 spiro atoms. The molecule has 1 aromatic carbocycles. The van der Waals surface area contributed by atoms with Gasteiger partial charge in [-0.15, -0.1) is 0 Å². The minimum atomic E-state index is 0.282. The second-order valence-corrected chi connectivity index (χ2v) is 7.63. The average Bonchev–Trinajstić information content (AvgIpc) is 3.16. The number of hydrogen-bond acceptors (Lipinski definition) is 3. The van der Waals surface area contributed by atoms with E-state index in [0.717, 1.165) is 24.5 Å². The van der Waals surface area contributed by atoms with Gasteiger partial charge in [-0.25, -0.2) is 0 Å². The lowest BCUT2D eigenvalue weighted by molar-refractivity contribution is 0.114. The first kappa shape index (κ1) is 14.7. The zero-order valence-electron chi connectivity index (χ0n) is 13.8. The van der Waals surface area contributed by atoms with Gasteiger partial charge in [-0.3, -0.25) is 0 Å². The number of ether oxygens (including phenoxy) is 1. The van der Waals surface area contributed by atoms with Crippen LogP contribution in [0.2, 0.25) is 0 Å². The van der Waals surface area contributed by atoms with Crippen molar-refractivity contribution >= 4 is 5.69 Å². The number of piperidine rings is 1. The summed E-state index contributed by atoms with van der Waals surface area (Å²) in [6.45, 7) is 9.24. The molecule has 2 aliphatic rings. The number of nitrogen functional groups attached to an aromatic ring is 1. The van der Waals surface area contributed by atoms with Crippen LogP contribution in [0.3, 0.4) is 0 Å². The monoisotopic (exact) mass is 288 g/mol. The highest BCUT2D eigenvalue weighted by Crippen LogP contribution is 2.45. The van der Waals surface area contributed by atoms with Crippen LogP contribution in [0.4, 0.5) is 5.69 Å². The van der Waals surface area contributed by atoms with Crippen molar-refractivity contribution in [2.75, 3.05) is 25.9 Å². The maximum atomic E-state index is 6.15. The largest absolute Gasteiger partial charge is 0.488 e. The minimum Gasteiger partial charge on any atom is -0.488 e. The molecule has 1 aliphatic heterocycles. The summed E-state index contributed by atoms with van der Waals surface area (Å²) in [5, 5.41) is 0. The van der Waals surface area contributed by atoms with Crippen LogP contribution in [0.15, 0.2) is 12.1 Å². The summed E-state index contributed by atoms with van der Waals surface area (Å²) < 4.78 is 6.00. The Morgan fingerprint density at radius 3 is 2.57 bits per heavy atom. The molecule has 116 valence electrons. The number of benzene rings is 1. The number of anilines is 1. The molecular weight excluding hydrogens is 260 g/mol. The van der Waals surface area contributed by atoms with Crippen molar-refractivity contribution in [3.8, 4) is 5.75 Å². The molecule has 0 aromatic heterocycles. The van der Waals surface area contributed by atoms with Crippen LogP contribution < -0.4 is 10.5 Å². The van der Waals surface area contributed by atoms with Crippen LogP contribution in [0.5, 0.6) is 5.75 Å². The van der Waals surface area contributed by atoms with Gasteiger partial charge in [-0.1, -0.05) is 13.8 Å². The Labute approximate surface area is 128 Å². The SMILES string of the molecule is Cc1cc(N)c(OC2CC2)cc1C1CCN(C)CC1(C)C. The number of aryl methyl sites for hydroxylation is 1. The molecule has 1 saturated heterocycles. The van der Waals surface area contributed by atoms with Crippen LogP contribution >= 0.6 is 0 Å². The van der Waals surface area contributed by atoms with E-state index in [4.69, 9.17) is 10.5 Å². The van der Waals surface area contributed by atoms with Gasteiger partial charge in [-0.2, -0.15) is 0 Å². The molecular formula is C18H28N2O. The lowest BCUT2D eigenvalue weighted by Gasteiger charge is -2.44. The second-order valence-electron chi connectivity index (χ2n) is 7.63. The van der Waals surface area contributed by atoms with Gasteiger partial charge < -0.3 is 15.4 Å². The predicted molar refractivity (Wildman–Crippen MR) is 87.9 cm³/mol. The van der Waals surface area contributed by atoms with E-state index >= 15 is 0 Å². The summed E-state index contributed by atoms with van der Waals surface area (Å²) >= 11 is 0. The standard InChI is InChI=1S/C18H28N2O/c1-12-9-16(19)17(21-13-5-6-13)10-14(12)15-7-8-20(4)11-18(15,2)3/h9-10,13,15H,5-8,11,19H2,1-4H3. The van der Waals surface area contributed by atoms with Crippen LogP contribution in [0.25, 0.3) is 0 Å². The van der Waals surface area contributed by atoms with E-state index in [9.17, 15) is 0 Å². The molecule has 1 saturated carbocycles. The number of nitrogens with zero attached hydrogens (tertiary/aromatic N) is 1. The molecule has 0 amide bonds. The molecule has 3 heteroatoms. The Morgan fingerprint density at radius 1 is 1.24 bits per heavy atom. The molecule has 3 rings (SSSR count). The zero-order chi connectivity index (χ0) is 15.2. The highest BCUT2D eigenvalue weighted by Gasteiger charge is 2.36. The molecule has 0 bridgehead atoms. The maximum Gasteiger partial charge on any atom is 0.142 e. The van der Waals surface area contributed by atoms with Crippen LogP contribution in [-0.2, 0) is 0 Å². The van der Waals surface area contributed by atoms with Gasteiger partial charge in [0.2, 0.25) is 0 Å². The molecule has 1 atom stereocenters. The molecule has 1 aromatic rings. The lowest BCUT2D eigenvalue weighted by Crippen LogP contribution is -2.42. The number of rotatable bonds is 3. The first-order chi connectivity index (χ1) is 9.87. The van der Waals surface area contributed by atoms with Gasteiger partial charge in [0.25, 0.3) is 0 Å². The van der Waals surface area contributed by atoms with Crippen molar-refractivity contribution in [2.45, 2.75) is 52.1 Å². The van der Waals surface area contributed by atoms with Crippen molar-refractivity contribution in [3.63, 3.8) is 0 Å². The number of likely N-dealkylation sites (tertiary alicyclic amines) is 1. The zero-order valence-corrected chi connectivity index (χ0v) is 13.8. The first-order valence-electron chi connectivity index (χ1n) is 8.12. The number of nitrogens with two attached hydrogens (primary N) is 1. The van der Waals surface area contributed by atoms with Crippen molar-refractivity contribution < 1.29 is 4.74 Å². The quantitative estimate of drug-likeness (QED) is 0.864.